The molecule has 1 unspecified atom stereocenters. The van der Waals surface area contributed by atoms with Crippen molar-refractivity contribution in [3.8, 4) is 0 Å². The Morgan fingerprint density at radius 1 is 1.38 bits per heavy atom. The van der Waals surface area contributed by atoms with E-state index in [1.807, 2.05) is 0 Å². The van der Waals surface area contributed by atoms with Crippen LogP contribution >= 0.6 is 0 Å². The van der Waals surface area contributed by atoms with E-state index in [2.05, 4.69) is 17.0 Å². The van der Waals surface area contributed by atoms with E-state index in [-0.39, 0.29) is 12.5 Å². The number of ether oxygens (including phenoxy) is 1. The number of hydrogen-bond donors (Lipinski definition) is 3. The highest BCUT2D eigenvalue weighted by Crippen LogP contribution is 2.08. The van der Waals surface area contributed by atoms with E-state index in [9.17, 15) is 9.59 Å². The predicted octanol–water partition coefficient (Wildman–Crippen LogP) is -0.0370. The summed E-state index contributed by atoms with van der Waals surface area (Å²) in [6.07, 6.45) is 1.39. The minimum Gasteiger partial charge on any atom is -0.448 e. The van der Waals surface area contributed by atoms with Crippen LogP contribution in [0.15, 0.2) is 0 Å². The molecule has 0 aromatic heterocycles. The first-order valence-corrected chi connectivity index (χ1v) is 5.45. The van der Waals surface area contributed by atoms with Crippen LogP contribution in [0, 0.1) is 5.92 Å². The van der Waals surface area contributed by atoms with Crippen molar-refractivity contribution in [2.45, 2.75) is 26.2 Å². The van der Waals surface area contributed by atoms with Crippen LogP contribution in [0.5, 0.6) is 0 Å². The molecule has 0 rings (SSSR count). The van der Waals surface area contributed by atoms with Crippen molar-refractivity contribution in [1.82, 2.24) is 5.32 Å². The zero-order chi connectivity index (χ0) is 12.4. The van der Waals surface area contributed by atoms with Gasteiger partial charge in [0.1, 0.15) is 6.61 Å². The number of nitrogens with two attached hydrogens (primary N) is 2. The fourth-order valence-electron chi connectivity index (χ4n) is 1.24. The Kier molecular flexibility index (Phi) is 8.24. The molecule has 2 amide bonds. The number of carbonyl (C=O) groups is 2. The Morgan fingerprint density at radius 3 is 2.62 bits per heavy atom. The number of amides is 2. The molecule has 0 aliphatic heterocycles. The molecule has 0 saturated heterocycles. The van der Waals surface area contributed by atoms with E-state index in [4.69, 9.17) is 11.5 Å². The lowest BCUT2D eigenvalue weighted by molar-refractivity contribution is -0.121. The fourth-order valence-corrected chi connectivity index (χ4v) is 1.24. The van der Waals surface area contributed by atoms with Gasteiger partial charge in [-0.05, 0) is 25.3 Å². The minimum atomic E-state index is -0.828. The Hall–Kier alpha value is -1.30. The van der Waals surface area contributed by atoms with Crippen molar-refractivity contribution in [2.75, 3.05) is 19.7 Å². The summed E-state index contributed by atoms with van der Waals surface area (Å²) in [5, 5.41) is 2.63. The lowest BCUT2D eigenvalue weighted by Crippen LogP contribution is -2.29. The van der Waals surface area contributed by atoms with Gasteiger partial charge in [0.25, 0.3) is 0 Å². The van der Waals surface area contributed by atoms with Crippen molar-refractivity contribution >= 4 is 12.0 Å². The molecule has 0 radical (unpaired) electrons. The number of carbonyl (C=O) groups excluding carboxylic acids is 2. The quantitative estimate of drug-likeness (QED) is 0.509. The highest BCUT2D eigenvalue weighted by Gasteiger charge is 2.05. The van der Waals surface area contributed by atoms with Gasteiger partial charge in [-0.1, -0.05) is 6.92 Å². The summed E-state index contributed by atoms with van der Waals surface area (Å²) in [4.78, 5) is 21.5. The Morgan fingerprint density at radius 2 is 2.06 bits per heavy atom. The van der Waals surface area contributed by atoms with Crippen LogP contribution in [0.4, 0.5) is 4.79 Å². The number of nitrogens with one attached hydrogen (secondary N) is 1. The normalized spacial score (nSPS) is 11.9. The van der Waals surface area contributed by atoms with Gasteiger partial charge in [0.15, 0.2) is 0 Å². The van der Waals surface area contributed by atoms with Crippen molar-refractivity contribution in [2.24, 2.45) is 17.4 Å². The highest BCUT2D eigenvalue weighted by atomic mass is 16.5. The summed E-state index contributed by atoms with van der Waals surface area (Å²) in [5.74, 6) is 0.412. The molecule has 6 heteroatoms. The fraction of sp³-hybridized carbons (Fsp3) is 0.800. The monoisotopic (exact) mass is 231 g/mol. The molecule has 16 heavy (non-hydrogen) atoms. The third-order valence-electron chi connectivity index (χ3n) is 2.19. The molecular weight excluding hydrogens is 210 g/mol. The summed E-state index contributed by atoms with van der Waals surface area (Å²) < 4.78 is 4.46. The predicted molar refractivity (Wildman–Crippen MR) is 60.6 cm³/mol. The largest absolute Gasteiger partial charge is 0.448 e. The van der Waals surface area contributed by atoms with Crippen LogP contribution in [0.25, 0.3) is 0 Å². The maximum atomic E-state index is 11.3. The second-order valence-corrected chi connectivity index (χ2v) is 3.74. The van der Waals surface area contributed by atoms with Crippen LogP contribution in [-0.4, -0.2) is 31.7 Å². The maximum absolute atomic E-state index is 11.3. The molecule has 94 valence electrons. The zero-order valence-corrected chi connectivity index (χ0v) is 9.70. The molecule has 0 bridgehead atoms. The SMILES string of the molecule is CC(CCN)CCC(=O)NCCOC(N)=O. The van der Waals surface area contributed by atoms with Crippen molar-refractivity contribution < 1.29 is 14.3 Å². The molecule has 0 heterocycles. The van der Waals surface area contributed by atoms with Crippen molar-refractivity contribution in [1.29, 1.82) is 0 Å². The first-order chi connectivity index (χ1) is 7.56. The molecule has 0 spiro atoms. The lowest BCUT2D eigenvalue weighted by Gasteiger charge is -2.09. The van der Waals surface area contributed by atoms with Gasteiger partial charge in [-0.2, -0.15) is 0 Å². The van der Waals surface area contributed by atoms with Crippen molar-refractivity contribution in [3.05, 3.63) is 0 Å². The van der Waals surface area contributed by atoms with Crippen LogP contribution in [0.3, 0.4) is 0 Å². The zero-order valence-electron chi connectivity index (χ0n) is 9.70. The van der Waals surface area contributed by atoms with Crippen LogP contribution in [0.2, 0.25) is 0 Å². The highest BCUT2D eigenvalue weighted by molar-refractivity contribution is 5.75. The third-order valence-corrected chi connectivity index (χ3v) is 2.19. The second kappa shape index (κ2) is 8.96. The molecule has 0 aliphatic rings. The summed E-state index contributed by atoms with van der Waals surface area (Å²) in [5.41, 5.74) is 10.2. The molecule has 0 fully saturated rings. The molecule has 0 aromatic carbocycles. The topological polar surface area (TPSA) is 107 Å². The van der Waals surface area contributed by atoms with Gasteiger partial charge in [0.05, 0.1) is 6.54 Å². The van der Waals surface area contributed by atoms with E-state index in [1.165, 1.54) is 0 Å². The van der Waals surface area contributed by atoms with Gasteiger partial charge >= 0.3 is 6.09 Å². The smallest absolute Gasteiger partial charge is 0.404 e. The minimum absolute atomic E-state index is 0.0445. The average molecular weight is 231 g/mol. The number of primary amides is 1. The summed E-state index contributed by atoms with van der Waals surface area (Å²) in [6.45, 7) is 3.12. The molecule has 1 atom stereocenters. The maximum Gasteiger partial charge on any atom is 0.404 e. The summed E-state index contributed by atoms with van der Waals surface area (Å²) in [6, 6.07) is 0. The number of hydrogen-bond acceptors (Lipinski definition) is 4. The van der Waals surface area contributed by atoms with Gasteiger partial charge < -0.3 is 21.5 Å². The Bertz CT molecular complexity index is 221. The van der Waals surface area contributed by atoms with E-state index in [1.54, 1.807) is 0 Å². The first-order valence-electron chi connectivity index (χ1n) is 5.45. The first kappa shape index (κ1) is 14.7. The average Bonchev–Trinajstić information content (AvgIpc) is 2.22. The molecule has 5 N–H and O–H groups in total. The van der Waals surface area contributed by atoms with E-state index in [0.29, 0.717) is 25.4 Å². The van der Waals surface area contributed by atoms with Crippen LogP contribution in [-0.2, 0) is 9.53 Å². The van der Waals surface area contributed by atoms with Crippen molar-refractivity contribution in [3.63, 3.8) is 0 Å². The Labute approximate surface area is 95.7 Å². The molecule has 0 aliphatic carbocycles. The number of rotatable bonds is 8. The molecular formula is C10H21N3O3. The van der Waals surface area contributed by atoms with Gasteiger partial charge in [0, 0.05) is 6.42 Å². The van der Waals surface area contributed by atoms with E-state index >= 15 is 0 Å². The van der Waals surface area contributed by atoms with Crippen LogP contribution < -0.4 is 16.8 Å². The molecule has 6 nitrogen and oxygen atoms in total. The lowest BCUT2D eigenvalue weighted by atomic mass is 10.0. The summed E-state index contributed by atoms with van der Waals surface area (Å²) >= 11 is 0. The molecule has 0 aromatic rings. The molecule has 0 saturated carbocycles. The third kappa shape index (κ3) is 9.26. The van der Waals surface area contributed by atoms with Gasteiger partial charge in [-0.3, -0.25) is 4.79 Å². The van der Waals surface area contributed by atoms with E-state index < -0.39 is 6.09 Å². The Balaban J connectivity index is 3.41. The second-order valence-electron chi connectivity index (χ2n) is 3.74. The van der Waals surface area contributed by atoms with Gasteiger partial charge in [-0.25, -0.2) is 4.79 Å². The standard InChI is InChI=1S/C10H21N3O3/c1-8(4-5-11)2-3-9(14)13-6-7-16-10(12)15/h8H,2-7,11H2,1H3,(H2,12,15)(H,13,14). The van der Waals surface area contributed by atoms with Gasteiger partial charge in [-0.15, -0.1) is 0 Å². The van der Waals surface area contributed by atoms with Gasteiger partial charge in [0.2, 0.25) is 5.91 Å². The van der Waals surface area contributed by atoms with Crippen LogP contribution in [0.1, 0.15) is 26.2 Å². The summed E-state index contributed by atoms with van der Waals surface area (Å²) in [7, 11) is 0. The van der Waals surface area contributed by atoms with E-state index in [0.717, 1.165) is 12.8 Å².